The molecule has 0 aliphatic heterocycles. The van der Waals surface area contributed by atoms with Crippen molar-refractivity contribution in [2.45, 2.75) is 12.5 Å². The summed E-state index contributed by atoms with van der Waals surface area (Å²) in [6, 6.07) is 12.4. The zero-order chi connectivity index (χ0) is 14.6. The van der Waals surface area contributed by atoms with Gasteiger partial charge in [0.15, 0.2) is 6.61 Å². The number of rotatable bonds is 5. The molecule has 0 amide bonds. The van der Waals surface area contributed by atoms with Gasteiger partial charge in [0.05, 0.1) is 11.1 Å². The first-order chi connectivity index (χ1) is 9.53. The number of aliphatic hydroxyl groups is 1. The number of alkyl halides is 2. The second-order valence-corrected chi connectivity index (χ2v) is 5.14. The number of halogens is 3. The molecule has 2 nitrogen and oxygen atoms in total. The van der Waals surface area contributed by atoms with E-state index in [1.165, 1.54) is 12.1 Å². The molecule has 0 aromatic heterocycles. The van der Waals surface area contributed by atoms with Crippen LogP contribution < -0.4 is 4.74 Å². The summed E-state index contributed by atoms with van der Waals surface area (Å²) in [7, 11) is 0. The SMILES string of the molecule is OCc1ccc(OCC(F)(F)c2ccccc2)c(Br)c1. The summed E-state index contributed by atoms with van der Waals surface area (Å²) in [5.41, 5.74) is 0.599. The van der Waals surface area contributed by atoms with Crippen LogP contribution in [0.5, 0.6) is 5.75 Å². The zero-order valence-corrected chi connectivity index (χ0v) is 12.1. The van der Waals surface area contributed by atoms with Gasteiger partial charge in [-0.05, 0) is 33.6 Å². The van der Waals surface area contributed by atoms with Gasteiger partial charge in [-0.15, -0.1) is 0 Å². The smallest absolute Gasteiger partial charge is 0.306 e. The highest BCUT2D eigenvalue weighted by Gasteiger charge is 2.32. The van der Waals surface area contributed by atoms with E-state index in [-0.39, 0.29) is 12.2 Å². The molecule has 0 aliphatic carbocycles. The van der Waals surface area contributed by atoms with Crippen molar-refractivity contribution in [3.05, 3.63) is 64.1 Å². The Kier molecular flexibility index (Phi) is 4.73. The molecular weight excluding hydrogens is 330 g/mol. The Bertz CT molecular complexity index is 573. The van der Waals surface area contributed by atoms with Crippen molar-refractivity contribution in [2.24, 2.45) is 0 Å². The largest absolute Gasteiger partial charge is 0.486 e. The van der Waals surface area contributed by atoms with Gasteiger partial charge in [0, 0.05) is 5.56 Å². The van der Waals surface area contributed by atoms with E-state index in [1.54, 1.807) is 36.4 Å². The second kappa shape index (κ2) is 6.33. The highest BCUT2D eigenvalue weighted by molar-refractivity contribution is 9.10. The molecule has 0 heterocycles. The third-order valence-corrected chi connectivity index (χ3v) is 3.40. The number of aliphatic hydroxyl groups excluding tert-OH is 1. The molecule has 106 valence electrons. The van der Waals surface area contributed by atoms with Crippen LogP contribution in [0.15, 0.2) is 53.0 Å². The van der Waals surface area contributed by atoms with E-state index in [0.29, 0.717) is 15.8 Å². The fourth-order valence-corrected chi connectivity index (χ4v) is 2.23. The van der Waals surface area contributed by atoms with Gasteiger partial charge in [-0.3, -0.25) is 0 Å². The minimum atomic E-state index is -3.06. The maximum atomic E-state index is 13.9. The number of benzene rings is 2. The Morgan fingerprint density at radius 3 is 2.40 bits per heavy atom. The molecule has 2 rings (SSSR count). The van der Waals surface area contributed by atoms with Gasteiger partial charge in [-0.1, -0.05) is 36.4 Å². The lowest BCUT2D eigenvalue weighted by atomic mass is 10.1. The molecular formula is C15H13BrF2O2. The summed E-state index contributed by atoms with van der Waals surface area (Å²) in [4.78, 5) is 0. The minimum absolute atomic E-state index is 0.0805. The Morgan fingerprint density at radius 1 is 1.10 bits per heavy atom. The topological polar surface area (TPSA) is 29.5 Å². The van der Waals surface area contributed by atoms with E-state index < -0.39 is 12.5 Å². The van der Waals surface area contributed by atoms with Crippen molar-refractivity contribution < 1.29 is 18.6 Å². The van der Waals surface area contributed by atoms with Crippen LogP contribution in [-0.4, -0.2) is 11.7 Å². The van der Waals surface area contributed by atoms with E-state index >= 15 is 0 Å². The maximum absolute atomic E-state index is 13.9. The standard InChI is InChI=1S/C15H13BrF2O2/c16-13-8-11(9-19)6-7-14(13)20-10-15(17,18)12-4-2-1-3-5-12/h1-8,19H,9-10H2. The zero-order valence-electron chi connectivity index (χ0n) is 10.5. The third kappa shape index (κ3) is 3.55. The molecule has 0 atom stereocenters. The average molecular weight is 343 g/mol. The first-order valence-corrected chi connectivity index (χ1v) is 6.77. The third-order valence-electron chi connectivity index (χ3n) is 2.78. The van der Waals surface area contributed by atoms with Crippen LogP contribution in [0, 0.1) is 0 Å². The quantitative estimate of drug-likeness (QED) is 0.885. The molecule has 0 aliphatic rings. The Hall–Kier alpha value is -1.46. The summed E-state index contributed by atoms with van der Waals surface area (Å²) < 4.78 is 33.6. The van der Waals surface area contributed by atoms with Crippen LogP contribution >= 0.6 is 15.9 Å². The summed E-state index contributed by atoms with van der Waals surface area (Å²) >= 11 is 3.23. The Labute approximate surface area is 124 Å². The molecule has 0 radical (unpaired) electrons. The molecule has 1 N–H and O–H groups in total. The molecule has 2 aromatic carbocycles. The molecule has 0 spiro atoms. The van der Waals surface area contributed by atoms with E-state index in [0.717, 1.165) is 0 Å². The molecule has 0 saturated carbocycles. The van der Waals surface area contributed by atoms with Crippen LogP contribution in [0.1, 0.15) is 11.1 Å². The highest BCUT2D eigenvalue weighted by atomic mass is 79.9. The second-order valence-electron chi connectivity index (χ2n) is 4.28. The average Bonchev–Trinajstić information content (AvgIpc) is 2.47. The highest BCUT2D eigenvalue weighted by Crippen LogP contribution is 2.31. The van der Waals surface area contributed by atoms with E-state index in [2.05, 4.69) is 15.9 Å². The van der Waals surface area contributed by atoms with Crippen molar-refractivity contribution in [3.8, 4) is 5.75 Å². The normalized spacial score (nSPS) is 11.4. The molecule has 0 bridgehead atoms. The Morgan fingerprint density at radius 2 is 1.80 bits per heavy atom. The van der Waals surface area contributed by atoms with E-state index in [9.17, 15) is 8.78 Å². The molecule has 0 fully saturated rings. The van der Waals surface area contributed by atoms with Gasteiger partial charge >= 0.3 is 5.92 Å². The number of hydrogen-bond donors (Lipinski definition) is 1. The summed E-state index contributed by atoms with van der Waals surface area (Å²) in [6.45, 7) is -0.854. The molecule has 0 unspecified atom stereocenters. The van der Waals surface area contributed by atoms with Crippen LogP contribution in [0.4, 0.5) is 8.78 Å². The number of hydrogen-bond acceptors (Lipinski definition) is 2. The van der Waals surface area contributed by atoms with Crippen molar-refractivity contribution in [3.63, 3.8) is 0 Å². The monoisotopic (exact) mass is 342 g/mol. The van der Waals surface area contributed by atoms with Crippen LogP contribution in [-0.2, 0) is 12.5 Å². The summed E-state index contributed by atoms with van der Waals surface area (Å²) in [5, 5.41) is 8.98. The van der Waals surface area contributed by atoms with Gasteiger partial charge in [0.2, 0.25) is 0 Å². The first kappa shape index (κ1) is 14.9. The first-order valence-electron chi connectivity index (χ1n) is 5.98. The molecule has 2 aromatic rings. The van der Waals surface area contributed by atoms with Gasteiger partial charge in [-0.25, -0.2) is 0 Å². The van der Waals surface area contributed by atoms with Crippen molar-refractivity contribution in [1.82, 2.24) is 0 Å². The number of ether oxygens (including phenoxy) is 1. The lowest BCUT2D eigenvalue weighted by Crippen LogP contribution is -2.23. The predicted molar refractivity (Wildman–Crippen MR) is 75.9 cm³/mol. The predicted octanol–water partition coefficient (Wildman–Crippen LogP) is 4.11. The van der Waals surface area contributed by atoms with Gasteiger partial charge < -0.3 is 9.84 Å². The maximum Gasteiger partial charge on any atom is 0.306 e. The Balaban J connectivity index is 2.08. The van der Waals surface area contributed by atoms with Crippen molar-refractivity contribution in [1.29, 1.82) is 0 Å². The summed E-state index contributed by atoms with van der Waals surface area (Å²) in [5.74, 6) is -2.74. The minimum Gasteiger partial charge on any atom is -0.486 e. The van der Waals surface area contributed by atoms with Gasteiger partial charge in [0.25, 0.3) is 0 Å². The van der Waals surface area contributed by atoms with Crippen molar-refractivity contribution >= 4 is 15.9 Å². The van der Waals surface area contributed by atoms with Crippen LogP contribution in [0.25, 0.3) is 0 Å². The molecule has 20 heavy (non-hydrogen) atoms. The van der Waals surface area contributed by atoms with Gasteiger partial charge in [-0.2, -0.15) is 8.78 Å². The van der Waals surface area contributed by atoms with Gasteiger partial charge in [0.1, 0.15) is 5.75 Å². The lowest BCUT2D eigenvalue weighted by Gasteiger charge is -2.18. The van der Waals surface area contributed by atoms with E-state index in [4.69, 9.17) is 9.84 Å². The van der Waals surface area contributed by atoms with Crippen LogP contribution in [0.3, 0.4) is 0 Å². The molecule has 5 heteroatoms. The van der Waals surface area contributed by atoms with Crippen LogP contribution in [0.2, 0.25) is 0 Å². The molecule has 0 saturated heterocycles. The fourth-order valence-electron chi connectivity index (χ4n) is 1.69. The van der Waals surface area contributed by atoms with E-state index in [1.807, 2.05) is 0 Å². The lowest BCUT2D eigenvalue weighted by molar-refractivity contribution is -0.0469. The van der Waals surface area contributed by atoms with Crippen molar-refractivity contribution in [2.75, 3.05) is 6.61 Å². The summed E-state index contributed by atoms with van der Waals surface area (Å²) in [6.07, 6.45) is 0. The fraction of sp³-hybridized carbons (Fsp3) is 0.200.